The first-order valence-electron chi connectivity index (χ1n) is 7.33. The summed E-state index contributed by atoms with van der Waals surface area (Å²) in [4.78, 5) is 16.1. The van der Waals surface area contributed by atoms with Crippen molar-refractivity contribution in [3.8, 4) is 0 Å². The summed E-state index contributed by atoms with van der Waals surface area (Å²) in [7, 11) is -3.63. The molecule has 1 atom stereocenters. The van der Waals surface area contributed by atoms with Gasteiger partial charge < -0.3 is 5.32 Å². The third kappa shape index (κ3) is 5.40. The van der Waals surface area contributed by atoms with Crippen molar-refractivity contribution in [3.05, 3.63) is 58.8 Å². The van der Waals surface area contributed by atoms with Gasteiger partial charge in [0.25, 0.3) is 0 Å². The summed E-state index contributed by atoms with van der Waals surface area (Å²) in [5, 5.41) is 2.81. The highest BCUT2D eigenvalue weighted by Crippen LogP contribution is 2.15. The van der Waals surface area contributed by atoms with Gasteiger partial charge in [0, 0.05) is 29.8 Å². The molecular formula is C16H18BrN3O3S. The lowest BCUT2D eigenvalue weighted by molar-refractivity contribution is -0.121. The molecular weight excluding hydrogens is 394 g/mol. The van der Waals surface area contributed by atoms with Crippen LogP contribution in [0.15, 0.2) is 58.2 Å². The van der Waals surface area contributed by atoms with Crippen LogP contribution in [0.2, 0.25) is 0 Å². The van der Waals surface area contributed by atoms with Gasteiger partial charge in [-0.25, -0.2) is 13.1 Å². The van der Waals surface area contributed by atoms with E-state index >= 15 is 0 Å². The van der Waals surface area contributed by atoms with E-state index in [-0.39, 0.29) is 29.8 Å². The maximum atomic E-state index is 12.1. The van der Waals surface area contributed by atoms with Crippen LogP contribution >= 0.6 is 15.9 Å². The van der Waals surface area contributed by atoms with Crippen LogP contribution in [0.25, 0.3) is 0 Å². The third-order valence-corrected chi connectivity index (χ3v) is 5.26. The van der Waals surface area contributed by atoms with Crippen molar-refractivity contribution in [1.82, 2.24) is 15.0 Å². The fourth-order valence-corrected chi connectivity index (χ4v) is 3.67. The van der Waals surface area contributed by atoms with Gasteiger partial charge in [0.2, 0.25) is 15.9 Å². The molecule has 0 aliphatic heterocycles. The van der Waals surface area contributed by atoms with Gasteiger partial charge in [-0.05, 0) is 36.8 Å². The topological polar surface area (TPSA) is 88.2 Å². The van der Waals surface area contributed by atoms with E-state index in [1.165, 1.54) is 12.1 Å². The lowest BCUT2D eigenvalue weighted by atomic mass is 10.1. The summed E-state index contributed by atoms with van der Waals surface area (Å²) in [5.74, 6) is -0.233. The second kappa shape index (κ2) is 8.36. The minimum absolute atomic E-state index is 0.0282. The summed E-state index contributed by atoms with van der Waals surface area (Å²) >= 11 is 3.23. The predicted octanol–water partition coefficient (Wildman–Crippen LogP) is 2.39. The van der Waals surface area contributed by atoms with Crippen molar-refractivity contribution in [2.45, 2.75) is 24.3 Å². The number of hydrogen-bond donors (Lipinski definition) is 2. The molecule has 2 N–H and O–H groups in total. The summed E-state index contributed by atoms with van der Waals surface area (Å²) in [5.41, 5.74) is 0.889. The largest absolute Gasteiger partial charge is 0.349 e. The fraction of sp³-hybridized carbons (Fsp3) is 0.250. The number of carbonyl (C=O) groups excluding carboxylic acids is 1. The maximum absolute atomic E-state index is 12.1. The molecule has 8 heteroatoms. The van der Waals surface area contributed by atoms with Crippen molar-refractivity contribution in [2.75, 3.05) is 6.54 Å². The summed E-state index contributed by atoms with van der Waals surface area (Å²) in [6.07, 6.45) is 3.40. The monoisotopic (exact) mass is 411 g/mol. The van der Waals surface area contributed by atoms with Gasteiger partial charge in [-0.1, -0.05) is 28.1 Å². The highest BCUT2D eigenvalue weighted by molar-refractivity contribution is 9.10. The van der Waals surface area contributed by atoms with E-state index in [0.29, 0.717) is 4.47 Å². The van der Waals surface area contributed by atoms with Crippen LogP contribution in [0.5, 0.6) is 0 Å². The van der Waals surface area contributed by atoms with E-state index in [9.17, 15) is 13.2 Å². The first-order chi connectivity index (χ1) is 11.4. The van der Waals surface area contributed by atoms with Crippen LogP contribution in [0.4, 0.5) is 0 Å². The summed E-state index contributed by atoms with van der Waals surface area (Å²) < 4.78 is 27.4. The molecule has 1 heterocycles. The minimum Gasteiger partial charge on any atom is -0.349 e. The number of carbonyl (C=O) groups is 1. The van der Waals surface area contributed by atoms with E-state index in [1.54, 1.807) is 30.6 Å². The van der Waals surface area contributed by atoms with Crippen LogP contribution < -0.4 is 10.0 Å². The fourth-order valence-electron chi connectivity index (χ4n) is 2.05. The number of aromatic nitrogens is 1. The molecule has 0 saturated heterocycles. The standard InChI is InChI=1S/C16H18BrN3O3S/c1-12(13-4-3-8-18-11-13)20-16(21)7-9-19-24(22,23)15-6-2-5-14(17)10-15/h2-6,8,10-12,19H,7,9H2,1H3,(H,20,21). The Kier molecular flexibility index (Phi) is 6.47. The quantitative estimate of drug-likeness (QED) is 0.731. The number of halogens is 1. The van der Waals surface area contributed by atoms with Crippen molar-refractivity contribution < 1.29 is 13.2 Å². The van der Waals surface area contributed by atoms with Gasteiger partial charge in [-0.2, -0.15) is 0 Å². The molecule has 0 saturated carbocycles. The molecule has 0 fully saturated rings. The zero-order chi connectivity index (χ0) is 17.6. The van der Waals surface area contributed by atoms with E-state index in [1.807, 2.05) is 13.0 Å². The molecule has 0 radical (unpaired) electrons. The van der Waals surface area contributed by atoms with E-state index in [4.69, 9.17) is 0 Å². The Balaban J connectivity index is 1.84. The highest BCUT2D eigenvalue weighted by atomic mass is 79.9. The summed E-state index contributed by atoms with van der Waals surface area (Å²) in [6, 6.07) is 9.86. The Labute approximate surface area is 149 Å². The van der Waals surface area contributed by atoms with Gasteiger partial charge >= 0.3 is 0 Å². The number of pyridine rings is 1. The number of hydrogen-bond acceptors (Lipinski definition) is 4. The van der Waals surface area contributed by atoms with Crippen LogP contribution in [-0.4, -0.2) is 25.9 Å². The number of amides is 1. The van der Waals surface area contributed by atoms with Gasteiger partial charge in [-0.3, -0.25) is 9.78 Å². The minimum atomic E-state index is -3.63. The van der Waals surface area contributed by atoms with Gasteiger partial charge in [-0.15, -0.1) is 0 Å². The van der Waals surface area contributed by atoms with Gasteiger partial charge in [0.1, 0.15) is 0 Å². The highest BCUT2D eigenvalue weighted by Gasteiger charge is 2.15. The molecule has 0 aliphatic rings. The Morgan fingerprint density at radius 2 is 2.08 bits per heavy atom. The van der Waals surface area contributed by atoms with Gasteiger partial charge in [0.05, 0.1) is 10.9 Å². The van der Waals surface area contributed by atoms with Crippen molar-refractivity contribution in [2.24, 2.45) is 0 Å². The molecule has 0 spiro atoms. The Bertz CT molecular complexity index is 797. The van der Waals surface area contributed by atoms with Crippen LogP contribution in [0.1, 0.15) is 24.9 Å². The number of rotatable bonds is 7. The molecule has 2 rings (SSSR count). The first-order valence-corrected chi connectivity index (χ1v) is 9.60. The molecule has 0 bridgehead atoms. The molecule has 6 nitrogen and oxygen atoms in total. The van der Waals surface area contributed by atoms with Gasteiger partial charge in [0.15, 0.2) is 0 Å². The zero-order valence-electron chi connectivity index (χ0n) is 13.1. The smallest absolute Gasteiger partial charge is 0.240 e. The Morgan fingerprint density at radius 1 is 1.29 bits per heavy atom. The molecule has 0 aliphatic carbocycles. The number of benzene rings is 1. The average molecular weight is 412 g/mol. The number of nitrogens with one attached hydrogen (secondary N) is 2. The molecule has 1 amide bonds. The molecule has 2 aromatic rings. The third-order valence-electron chi connectivity index (χ3n) is 3.31. The summed E-state index contributed by atoms with van der Waals surface area (Å²) in [6.45, 7) is 1.88. The predicted molar refractivity (Wildman–Crippen MR) is 94.7 cm³/mol. The molecule has 128 valence electrons. The normalized spacial score (nSPS) is 12.6. The van der Waals surface area contributed by atoms with Crippen molar-refractivity contribution >= 4 is 31.9 Å². The Hall–Kier alpha value is -1.77. The molecule has 24 heavy (non-hydrogen) atoms. The number of sulfonamides is 1. The Morgan fingerprint density at radius 3 is 2.75 bits per heavy atom. The zero-order valence-corrected chi connectivity index (χ0v) is 15.5. The van der Waals surface area contributed by atoms with Crippen LogP contribution in [-0.2, 0) is 14.8 Å². The van der Waals surface area contributed by atoms with Crippen molar-refractivity contribution in [3.63, 3.8) is 0 Å². The molecule has 1 aromatic carbocycles. The molecule has 1 unspecified atom stereocenters. The second-order valence-corrected chi connectivity index (χ2v) is 7.86. The number of nitrogens with zero attached hydrogens (tertiary/aromatic N) is 1. The van der Waals surface area contributed by atoms with Crippen LogP contribution in [0, 0.1) is 0 Å². The van der Waals surface area contributed by atoms with E-state index in [2.05, 4.69) is 31.0 Å². The van der Waals surface area contributed by atoms with Crippen molar-refractivity contribution in [1.29, 1.82) is 0 Å². The second-order valence-electron chi connectivity index (χ2n) is 5.18. The maximum Gasteiger partial charge on any atom is 0.240 e. The SMILES string of the molecule is CC(NC(=O)CCNS(=O)(=O)c1cccc(Br)c1)c1cccnc1. The lowest BCUT2D eigenvalue weighted by Crippen LogP contribution is -2.32. The van der Waals surface area contributed by atoms with E-state index in [0.717, 1.165) is 5.56 Å². The first kappa shape index (κ1) is 18.6. The lowest BCUT2D eigenvalue weighted by Gasteiger charge is -2.14. The van der Waals surface area contributed by atoms with Crippen LogP contribution in [0.3, 0.4) is 0 Å². The molecule has 1 aromatic heterocycles. The average Bonchev–Trinajstić information content (AvgIpc) is 2.55. The van der Waals surface area contributed by atoms with E-state index < -0.39 is 10.0 Å².